The molecule has 0 N–H and O–H groups in total. The number of esters is 1. The Balaban J connectivity index is 4.91. The van der Waals surface area contributed by atoms with Crippen molar-refractivity contribution in [1.82, 2.24) is 0 Å². The highest BCUT2D eigenvalue weighted by molar-refractivity contribution is 8.00. The summed E-state index contributed by atoms with van der Waals surface area (Å²) in [5, 5.41) is -0.770. The molecule has 28 heavy (non-hydrogen) atoms. The third-order valence-corrected chi connectivity index (χ3v) is 4.95. The van der Waals surface area contributed by atoms with Crippen LogP contribution in [0.5, 0.6) is 0 Å². The molecule has 0 fully saturated rings. The molecule has 0 saturated carbocycles. The normalized spacial score (nSPS) is 15.0. The van der Waals surface area contributed by atoms with Gasteiger partial charge in [0.2, 0.25) is 0 Å². The van der Waals surface area contributed by atoms with Crippen LogP contribution < -0.4 is 0 Å². The lowest BCUT2D eigenvalue weighted by Gasteiger charge is -2.33. The molecule has 0 radical (unpaired) electrons. The molecule has 168 valence electrons. The van der Waals surface area contributed by atoms with E-state index in [2.05, 4.69) is 0 Å². The number of alkyl halides is 9. The zero-order valence-electron chi connectivity index (χ0n) is 15.5. The van der Waals surface area contributed by atoms with Crippen molar-refractivity contribution < 1.29 is 49.0 Å². The summed E-state index contributed by atoms with van der Waals surface area (Å²) in [6.45, 7) is 5.00. The van der Waals surface area contributed by atoms with Gasteiger partial charge in [0.1, 0.15) is 5.25 Å². The Morgan fingerprint density at radius 3 is 1.89 bits per heavy atom. The summed E-state index contributed by atoms with van der Waals surface area (Å²) in [5.41, 5.74) is 0. The van der Waals surface area contributed by atoms with Crippen LogP contribution in [0, 0.1) is 0 Å². The maximum absolute atomic E-state index is 13.5. The van der Waals surface area contributed by atoms with Crippen LogP contribution in [0.15, 0.2) is 0 Å². The smallest absolute Gasteiger partial charge is 0.460 e. The second kappa shape index (κ2) is 10.3. The Hall–Kier alpha value is -0.810. The standard InChI is InChI=1S/C16H23F9O2S/c1-4-5-7-11(12(26)27-10(2)3)28-9-6-8-13(17,18)14(19,20)15(21,22)16(23,24)25/h10-11H,4-9H2,1-3H3. The number of hydrogen-bond acceptors (Lipinski definition) is 3. The first kappa shape index (κ1) is 27.2. The summed E-state index contributed by atoms with van der Waals surface area (Å²) in [6, 6.07) is 0. The maximum Gasteiger partial charge on any atom is 0.460 e. The van der Waals surface area contributed by atoms with E-state index in [1.807, 2.05) is 6.92 Å². The van der Waals surface area contributed by atoms with Gasteiger partial charge >= 0.3 is 29.9 Å². The molecule has 0 heterocycles. The molecule has 0 aliphatic rings. The number of ether oxygens (including phenoxy) is 1. The molecule has 0 aliphatic heterocycles. The van der Waals surface area contributed by atoms with E-state index in [4.69, 9.17) is 4.74 Å². The lowest BCUT2D eigenvalue weighted by atomic mass is 10.00. The molecular weight excluding hydrogens is 427 g/mol. The number of halogens is 9. The number of rotatable bonds is 12. The van der Waals surface area contributed by atoms with Gasteiger partial charge in [-0.2, -0.15) is 39.5 Å². The molecule has 0 saturated heterocycles. The van der Waals surface area contributed by atoms with Gasteiger partial charge in [0.25, 0.3) is 0 Å². The number of thioether (sulfide) groups is 1. The van der Waals surface area contributed by atoms with Gasteiger partial charge in [-0.25, -0.2) is 0 Å². The quantitative estimate of drug-likeness (QED) is 0.193. The van der Waals surface area contributed by atoms with Gasteiger partial charge in [-0.05, 0) is 32.4 Å². The molecule has 0 aliphatic carbocycles. The van der Waals surface area contributed by atoms with Crippen LogP contribution in [0.1, 0.15) is 52.9 Å². The molecule has 0 aromatic heterocycles. The topological polar surface area (TPSA) is 26.3 Å². The zero-order valence-corrected chi connectivity index (χ0v) is 16.3. The summed E-state index contributed by atoms with van der Waals surface area (Å²) in [7, 11) is 0. The van der Waals surface area contributed by atoms with Gasteiger partial charge in [-0.15, -0.1) is 11.8 Å². The number of carbonyl (C=O) groups is 1. The third-order valence-electron chi connectivity index (χ3n) is 3.60. The van der Waals surface area contributed by atoms with Crippen molar-refractivity contribution in [3.05, 3.63) is 0 Å². The van der Waals surface area contributed by atoms with Gasteiger partial charge in [0.15, 0.2) is 0 Å². The number of carbonyl (C=O) groups excluding carboxylic acids is 1. The lowest BCUT2D eigenvalue weighted by molar-refractivity contribution is -0.396. The number of hydrogen-bond donors (Lipinski definition) is 0. The minimum Gasteiger partial charge on any atom is -0.462 e. The van der Waals surface area contributed by atoms with Crippen molar-refractivity contribution in [2.24, 2.45) is 0 Å². The Bertz CT molecular complexity index is 493. The monoisotopic (exact) mass is 450 g/mol. The van der Waals surface area contributed by atoms with Crippen molar-refractivity contribution >= 4 is 17.7 Å². The van der Waals surface area contributed by atoms with E-state index in [9.17, 15) is 44.3 Å². The average Bonchev–Trinajstić information content (AvgIpc) is 2.51. The SMILES string of the molecule is CCCCC(SCCCC(F)(F)C(F)(F)C(F)(F)C(F)(F)F)C(=O)OC(C)C. The van der Waals surface area contributed by atoms with Gasteiger partial charge < -0.3 is 4.74 Å². The van der Waals surface area contributed by atoms with Crippen LogP contribution >= 0.6 is 11.8 Å². The van der Waals surface area contributed by atoms with E-state index in [-0.39, 0.29) is 5.75 Å². The van der Waals surface area contributed by atoms with E-state index in [1.165, 1.54) is 0 Å². The second-order valence-corrected chi connectivity index (χ2v) is 7.75. The molecule has 1 unspecified atom stereocenters. The minimum atomic E-state index is -6.87. The summed E-state index contributed by atoms with van der Waals surface area (Å²) in [4.78, 5) is 11.9. The largest absolute Gasteiger partial charge is 0.462 e. The highest BCUT2D eigenvalue weighted by atomic mass is 32.2. The molecule has 0 rings (SSSR count). The Morgan fingerprint density at radius 1 is 0.929 bits per heavy atom. The van der Waals surface area contributed by atoms with E-state index in [0.717, 1.165) is 11.8 Å². The molecule has 0 aromatic rings. The minimum absolute atomic E-state index is 0.315. The van der Waals surface area contributed by atoms with Crippen molar-refractivity contribution in [2.75, 3.05) is 5.75 Å². The fourth-order valence-corrected chi connectivity index (χ4v) is 3.17. The van der Waals surface area contributed by atoms with Gasteiger partial charge in [-0.3, -0.25) is 4.79 Å². The predicted octanol–water partition coefficient (Wildman–Crippen LogP) is 6.48. The summed E-state index contributed by atoms with van der Waals surface area (Å²) in [6.07, 6.45) is -8.31. The van der Waals surface area contributed by atoms with E-state index < -0.39 is 54.1 Å². The van der Waals surface area contributed by atoms with Crippen LogP contribution in [-0.4, -0.2) is 47.0 Å². The van der Waals surface area contributed by atoms with E-state index in [1.54, 1.807) is 13.8 Å². The van der Waals surface area contributed by atoms with Crippen LogP contribution in [-0.2, 0) is 9.53 Å². The van der Waals surface area contributed by atoms with Crippen LogP contribution in [0.25, 0.3) is 0 Å². The van der Waals surface area contributed by atoms with Gasteiger partial charge in [-0.1, -0.05) is 19.8 Å². The molecule has 12 heteroatoms. The van der Waals surface area contributed by atoms with Gasteiger partial charge in [0, 0.05) is 6.42 Å². The van der Waals surface area contributed by atoms with Crippen molar-refractivity contribution in [3.63, 3.8) is 0 Å². The average molecular weight is 450 g/mol. The van der Waals surface area contributed by atoms with Crippen LogP contribution in [0.3, 0.4) is 0 Å². The molecule has 0 spiro atoms. The first-order valence-electron chi connectivity index (χ1n) is 8.53. The van der Waals surface area contributed by atoms with Crippen LogP contribution in [0.4, 0.5) is 39.5 Å². The second-order valence-electron chi connectivity index (χ2n) is 6.44. The van der Waals surface area contributed by atoms with E-state index >= 15 is 0 Å². The Kier molecular flexibility index (Phi) is 9.99. The fraction of sp³-hybridized carbons (Fsp3) is 0.938. The highest BCUT2D eigenvalue weighted by Crippen LogP contribution is 2.54. The molecule has 0 amide bonds. The zero-order chi connectivity index (χ0) is 22.4. The molecule has 0 bridgehead atoms. The van der Waals surface area contributed by atoms with Crippen molar-refractivity contribution in [1.29, 1.82) is 0 Å². The van der Waals surface area contributed by atoms with Crippen LogP contribution in [0.2, 0.25) is 0 Å². The maximum atomic E-state index is 13.5. The summed E-state index contributed by atoms with van der Waals surface area (Å²) in [5.74, 6) is -20.0. The summed E-state index contributed by atoms with van der Waals surface area (Å²) >= 11 is 0.813. The van der Waals surface area contributed by atoms with Gasteiger partial charge in [0.05, 0.1) is 6.10 Å². The predicted molar refractivity (Wildman–Crippen MR) is 87.1 cm³/mol. The summed E-state index contributed by atoms with van der Waals surface area (Å²) < 4.78 is 120. The van der Waals surface area contributed by atoms with E-state index in [0.29, 0.717) is 19.3 Å². The number of unbranched alkanes of at least 4 members (excludes halogenated alkanes) is 1. The first-order valence-corrected chi connectivity index (χ1v) is 9.58. The highest BCUT2D eigenvalue weighted by Gasteiger charge is 2.81. The van der Waals surface area contributed by atoms with Crippen molar-refractivity contribution in [2.45, 2.75) is 88.2 Å². The Morgan fingerprint density at radius 2 is 1.46 bits per heavy atom. The Labute approximate surface area is 161 Å². The molecule has 0 aromatic carbocycles. The third kappa shape index (κ3) is 6.91. The lowest BCUT2D eigenvalue weighted by Crippen LogP contribution is -2.60. The fourth-order valence-electron chi connectivity index (χ4n) is 2.05. The molecular formula is C16H23F9O2S. The molecule has 2 nitrogen and oxygen atoms in total. The van der Waals surface area contributed by atoms with Crippen molar-refractivity contribution in [3.8, 4) is 0 Å². The first-order chi connectivity index (χ1) is 12.5. The molecule has 1 atom stereocenters.